The van der Waals surface area contributed by atoms with E-state index in [0.29, 0.717) is 0 Å². The first-order valence-electron chi connectivity index (χ1n) is 5.20. The van der Waals surface area contributed by atoms with Crippen LogP contribution in [0.25, 0.3) is 0 Å². The summed E-state index contributed by atoms with van der Waals surface area (Å²) in [5, 5.41) is 0. The van der Waals surface area contributed by atoms with Crippen LogP contribution < -0.4 is 0 Å². The molecule has 0 unspecified atom stereocenters. The Labute approximate surface area is 104 Å². The van der Waals surface area contributed by atoms with Crippen LogP contribution in [0.1, 0.15) is 27.7 Å². The van der Waals surface area contributed by atoms with E-state index in [1.165, 1.54) is 5.84 Å². The summed E-state index contributed by atoms with van der Waals surface area (Å²) >= 11 is 6.16. The molecule has 4 heteroatoms. The number of nitrogens with zero attached hydrogens (tertiary/aromatic N) is 2. The van der Waals surface area contributed by atoms with Crippen molar-refractivity contribution < 1.29 is 4.58 Å². The van der Waals surface area contributed by atoms with Crippen LogP contribution in [-0.2, 0) is 0 Å². The molecule has 0 N–H and O–H groups in total. The van der Waals surface area contributed by atoms with Gasteiger partial charge in [0.15, 0.2) is 0 Å². The van der Waals surface area contributed by atoms with Gasteiger partial charge in [-0.25, -0.2) is 0 Å². The Morgan fingerprint density at radius 2 is 1.57 bits per heavy atom. The molecule has 0 saturated heterocycles. The quantitative estimate of drug-likeness (QED) is 0.304. The molecular weight excluding hydrogens is 306 g/mol. The van der Waals surface area contributed by atoms with E-state index in [1.807, 2.05) is 0 Å². The van der Waals surface area contributed by atoms with Crippen molar-refractivity contribution in [1.82, 2.24) is 4.90 Å². The molecule has 0 aliphatic rings. The summed E-state index contributed by atoms with van der Waals surface area (Å²) in [5.41, 5.74) is 0. The van der Waals surface area contributed by atoms with Gasteiger partial charge >= 0.3 is 104 Å². The zero-order valence-corrected chi connectivity index (χ0v) is 13.0. The minimum atomic E-state index is 1.05. The molecule has 14 heavy (non-hydrogen) atoms. The monoisotopic (exact) mass is 328 g/mol. The van der Waals surface area contributed by atoms with E-state index in [4.69, 9.17) is 0 Å². The van der Waals surface area contributed by atoms with E-state index in [2.05, 4.69) is 68.8 Å². The zero-order chi connectivity index (χ0) is 11.1. The molecule has 0 fully saturated rings. The van der Waals surface area contributed by atoms with Crippen LogP contribution >= 0.6 is 0 Å². The maximum atomic E-state index is 3.08. The second-order valence-electron chi connectivity index (χ2n) is 2.96. The number of amidine groups is 1. The topological polar surface area (TPSA) is 6.25 Å². The molecule has 0 aromatic rings. The van der Waals surface area contributed by atoms with Gasteiger partial charge in [-0.05, 0) is 0 Å². The first kappa shape index (κ1) is 14.4. The van der Waals surface area contributed by atoms with Gasteiger partial charge < -0.3 is 0 Å². The van der Waals surface area contributed by atoms with E-state index in [-0.39, 0.29) is 0 Å². The van der Waals surface area contributed by atoms with Crippen molar-refractivity contribution in [3.8, 4) is 0 Å². The minimum absolute atomic E-state index is 1.05. The third-order valence-corrected chi connectivity index (χ3v) is 3.07. The van der Waals surface area contributed by atoms with Crippen molar-refractivity contribution in [2.45, 2.75) is 27.7 Å². The SMILES string of the molecule is CCN(CC)C(C(=[Se])[Se-])=[N+](CC)CC. The van der Waals surface area contributed by atoms with E-state index in [1.54, 1.807) is 0 Å². The fraction of sp³-hybridized carbons (Fsp3) is 0.800. The summed E-state index contributed by atoms with van der Waals surface area (Å²) in [6, 6.07) is 0. The summed E-state index contributed by atoms with van der Waals surface area (Å²) in [6.45, 7) is 13.0. The molecule has 0 rings (SSSR count). The van der Waals surface area contributed by atoms with Crippen molar-refractivity contribution >= 4 is 40.7 Å². The predicted molar refractivity (Wildman–Crippen MR) is 65.8 cm³/mol. The van der Waals surface area contributed by atoms with Gasteiger partial charge in [-0.3, -0.25) is 0 Å². The van der Waals surface area contributed by atoms with Crippen molar-refractivity contribution in [1.29, 1.82) is 0 Å². The molecule has 0 aromatic heterocycles. The third-order valence-electron chi connectivity index (χ3n) is 2.31. The molecule has 0 amide bonds. The molecule has 0 heterocycles. The van der Waals surface area contributed by atoms with Gasteiger partial charge in [-0.2, -0.15) is 0 Å². The van der Waals surface area contributed by atoms with Crippen molar-refractivity contribution in [3.63, 3.8) is 0 Å². The first-order chi connectivity index (χ1) is 6.62. The van der Waals surface area contributed by atoms with Crippen molar-refractivity contribution in [2.24, 2.45) is 0 Å². The Morgan fingerprint density at radius 1 is 1.14 bits per heavy atom. The number of hydrogen-bond donors (Lipinski definition) is 0. The second-order valence-corrected chi connectivity index (χ2v) is 5.98. The molecule has 0 bridgehead atoms. The number of rotatable bonds is 5. The normalized spacial score (nSPS) is 9.71. The molecule has 82 valence electrons. The van der Waals surface area contributed by atoms with Gasteiger partial charge in [-0.1, -0.05) is 0 Å². The second kappa shape index (κ2) is 7.64. The van der Waals surface area contributed by atoms with Crippen LogP contribution in [0.4, 0.5) is 0 Å². The van der Waals surface area contributed by atoms with Crippen molar-refractivity contribution in [2.75, 3.05) is 26.2 Å². The molecule has 0 spiro atoms. The van der Waals surface area contributed by atoms with E-state index in [0.717, 1.165) is 29.5 Å². The van der Waals surface area contributed by atoms with Crippen molar-refractivity contribution in [3.05, 3.63) is 0 Å². The fourth-order valence-electron chi connectivity index (χ4n) is 1.50. The fourth-order valence-corrected chi connectivity index (χ4v) is 2.59. The maximum absolute atomic E-state index is 3.08. The van der Waals surface area contributed by atoms with Gasteiger partial charge in [0.05, 0.1) is 0 Å². The average molecular weight is 326 g/mol. The third kappa shape index (κ3) is 3.86. The molecule has 0 aliphatic carbocycles. The predicted octanol–water partition coefficient (Wildman–Crippen LogP) is 0.246. The summed E-state index contributed by atoms with van der Waals surface area (Å²) in [7, 11) is 0. The summed E-state index contributed by atoms with van der Waals surface area (Å²) in [5.74, 6) is 1.31. The van der Waals surface area contributed by atoms with Gasteiger partial charge in [0, 0.05) is 0 Å². The molecular formula is C10H20N2Se2. The summed E-state index contributed by atoms with van der Waals surface area (Å²) < 4.78 is 3.53. The van der Waals surface area contributed by atoms with Crippen LogP contribution in [-0.4, -0.2) is 76.4 Å². The molecule has 0 saturated carbocycles. The van der Waals surface area contributed by atoms with E-state index in [9.17, 15) is 0 Å². The van der Waals surface area contributed by atoms with Crippen LogP contribution in [0, 0.1) is 0 Å². The van der Waals surface area contributed by atoms with Crippen LogP contribution in [0.3, 0.4) is 0 Å². The molecule has 0 atom stereocenters. The summed E-state index contributed by atoms with van der Waals surface area (Å²) in [6.07, 6.45) is 0. The first-order valence-corrected chi connectivity index (χ1v) is 6.91. The molecule has 0 radical (unpaired) electrons. The van der Waals surface area contributed by atoms with Gasteiger partial charge in [0.1, 0.15) is 0 Å². The molecule has 0 aliphatic heterocycles. The Morgan fingerprint density at radius 3 is 1.79 bits per heavy atom. The Hall–Kier alpha value is 0.379. The van der Waals surface area contributed by atoms with Gasteiger partial charge in [0.2, 0.25) is 0 Å². The standard InChI is InChI=1S/C10H20N2Se2/c1-5-11(6-2)9(10(13)14)12(7-3)8-4/h5-8H2,1-4H3. The van der Waals surface area contributed by atoms with E-state index >= 15 is 0 Å². The number of hydrogen-bond acceptors (Lipinski definition) is 0. The van der Waals surface area contributed by atoms with E-state index < -0.39 is 0 Å². The molecule has 0 aromatic carbocycles. The molecule has 2 nitrogen and oxygen atoms in total. The zero-order valence-electron chi connectivity index (χ0n) is 9.54. The van der Waals surface area contributed by atoms with Crippen LogP contribution in [0.5, 0.6) is 0 Å². The Kier molecular flexibility index (Phi) is 7.85. The van der Waals surface area contributed by atoms with Gasteiger partial charge in [0.25, 0.3) is 0 Å². The van der Waals surface area contributed by atoms with Gasteiger partial charge in [-0.15, -0.1) is 0 Å². The average Bonchev–Trinajstić information content (AvgIpc) is 2.18. The Bertz CT molecular complexity index is 214. The summed E-state index contributed by atoms with van der Waals surface area (Å²) in [4.78, 5) is 2.37. The van der Waals surface area contributed by atoms with Crippen LogP contribution in [0.15, 0.2) is 0 Å². The van der Waals surface area contributed by atoms with Crippen LogP contribution in [0.2, 0.25) is 0 Å². The Balaban J connectivity index is 5.08.